The van der Waals surface area contributed by atoms with Crippen molar-refractivity contribution in [2.45, 2.75) is 24.9 Å². The molecule has 4 rings (SSSR count). The van der Waals surface area contributed by atoms with Gasteiger partial charge in [-0.3, -0.25) is 0 Å². The van der Waals surface area contributed by atoms with Gasteiger partial charge in [0.05, 0.1) is 11.9 Å². The molecule has 0 radical (unpaired) electrons. The topological polar surface area (TPSA) is 79.0 Å². The zero-order valence-corrected chi connectivity index (χ0v) is 13.6. The number of aromatic amines is 1. The van der Waals surface area contributed by atoms with E-state index in [0.29, 0.717) is 11.4 Å². The normalized spacial score (nSPS) is 16.1. The lowest BCUT2D eigenvalue weighted by molar-refractivity contribution is -0.135. The Kier molecular flexibility index (Phi) is 3.95. The zero-order valence-electron chi connectivity index (χ0n) is 13.6. The lowest BCUT2D eigenvalue weighted by atomic mass is 9.91. The number of hydrogen-bond donors (Lipinski definition) is 3. The summed E-state index contributed by atoms with van der Waals surface area (Å²) in [4.78, 5) is 19.2. The van der Waals surface area contributed by atoms with E-state index in [1.807, 2.05) is 24.4 Å². The van der Waals surface area contributed by atoms with Crippen molar-refractivity contribution in [3.05, 3.63) is 48.8 Å². The molecular weight excluding hydrogens is 342 g/mol. The van der Waals surface area contributed by atoms with Gasteiger partial charge in [0.25, 0.3) is 5.92 Å². The summed E-state index contributed by atoms with van der Waals surface area (Å²) in [6.07, 6.45) is 2.15. The van der Waals surface area contributed by atoms with Gasteiger partial charge in [0.15, 0.2) is 0 Å². The van der Waals surface area contributed by atoms with Gasteiger partial charge >= 0.3 is 6.03 Å². The number of anilines is 2. The van der Waals surface area contributed by atoms with Crippen LogP contribution < -0.4 is 15.4 Å². The first-order valence-electron chi connectivity index (χ1n) is 8.13. The van der Waals surface area contributed by atoms with Crippen molar-refractivity contribution in [1.29, 1.82) is 0 Å². The van der Waals surface area contributed by atoms with E-state index in [2.05, 4.69) is 20.6 Å². The SMILES string of the molecule is O=C(Nc1ccc(OC2CC(F)(F)C2)nc1)Nc1ccc2cc[nH]c2c1. The highest BCUT2D eigenvalue weighted by atomic mass is 19.3. The van der Waals surface area contributed by atoms with Crippen LogP contribution in [0.4, 0.5) is 25.0 Å². The highest BCUT2D eigenvalue weighted by Gasteiger charge is 2.47. The fourth-order valence-corrected chi connectivity index (χ4v) is 2.80. The van der Waals surface area contributed by atoms with Gasteiger partial charge in [0.1, 0.15) is 6.10 Å². The standard InChI is InChI=1S/C18H16F2N4O2/c19-18(20)8-14(9-18)26-16-4-3-13(10-22-16)24-17(25)23-12-2-1-11-5-6-21-15(11)7-12/h1-7,10,14,21H,8-9H2,(H2,23,24,25). The molecule has 3 N–H and O–H groups in total. The van der Waals surface area contributed by atoms with Crippen LogP contribution in [0.3, 0.4) is 0 Å². The van der Waals surface area contributed by atoms with Gasteiger partial charge in [-0.1, -0.05) is 6.07 Å². The predicted octanol–water partition coefficient (Wildman–Crippen LogP) is 4.38. The van der Waals surface area contributed by atoms with E-state index in [1.54, 1.807) is 12.1 Å². The van der Waals surface area contributed by atoms with Crippen LogP contribution in [0.5, 0.6) is 5.88 Å². The molecular formula is C18H16F2N4O2. The van der Waals surface area contributed by atoms with Crippen LogP contribution in [0.25, 0.3) is 10.9 Å². The van der Waals surface area contributed by atoms with E-state index in [0.717, 1.165) is 10.9 Å². The number of urea groups is 1. The molecule has 26 heavy (non-hydrogen) atoms. The first kappa shape index (κ1) is 16.3. The number of carbonyl (C=O) groups excluding carboxylic acids is 1. The average molecular weight is 358 g/mol. The fraction of sp³-hybridized carbons (Fsp3) is 0.222. The summed E-state index contributed by atoms with van der Waals surface area (Å²) in [5, 5.41) is 6.45. The van der Waals surface area contributed by atoms with Gasteiger partial charge in [-0.05, 0) is 29.7 Å². The van der Waals surface area contributed by atoms with Crippen molar-refractivity contribution in [2.24, 2.45) is 0 Å². The van der Waals surface area contributed by atoms with E-state index < -0.39 is 18.1 Å². The number of rotatable bonds is 4. The number of pyridine rings is 1. The molecule has 1 aliphatic rings. The lowest BCUT2D eigenvalue weighted by Gasteiger charge is -2.34. The molecule has 2 aromatic heterocycles. The van der Waals surface area contributed by atoms with Crippen LogP contribution in [-0.4, -0.2) is 28.0 Å². The highest BCUT2D eigenvalue weighted by Crippen LogP contribution is 2.39. The number of hydrogen-bond acceptors (Lipinski definition) is 3. The number of H-pyrrole nitrogens is 1. The molecule has 0 unspecified atom stereocenters. The molecule has 1 saturated carbocycles. The van der Waals surface area contributed by atoms with E-state index in [1.165, 1.54) is 12.3 Å². The van der Waals surface area contributed by atoms with Crippen molar-refractivity contribution in [2.75, 3.05) is 10.6 Å². The van der Waals surface area contributed by atoms with Crippen LogP contribution in [0.1, 0.15) is 12.8 Å². The van der Waals surface area contributed by atoms with Gasteiger partial charge in [-0.2, -0.15) is 0 Å². The van der Waals surface area contributed by atoms with Crippen molar-refractivity contribution >= 4 is 28.3 Å². The van der Waals surface area contributed by atoms with Gasteiger partial charge < -0.3 is 20.4 Å². The third kappa shape index (κ3) is 3.58. The second-order valence-corrected chi connectivity index (χ2v) is 6.25. The number of ether oxygens (including phenoxy) is 1. The summed E-state index contributed by atoms with van der Waals surface area (Å²) in [5.41, 5.74) is 2.04. The molecule has 0 atom stereocenters. The maximum absolute atomic E-state index is 12.8. The third-order valence-electron chi connectivity index (χ3n) is 4.15. The average Bonchev–Trinajstić information content (AvgIpc) is 3.02. The molecule has 2 amide bonds. The number of halogens is 2. The number of nitrogens with one attached hydrogen (secondary N) is 3. The molecule has 0 saturated heterocycles. The van der Waals surface area contributed by atoms with E-state index in [4.69, 9.17) is 4.74 Å². The summed E-state index contributed by atoms with van der Waals surface area (Å²) >= 11 is 0. The van der Waals surface area contributed by atoms with Gasteiger partial charge in [-0.25, -0.2) is 18.6 Å². The molecule has 6 nitrogen and oxygen atoms in total. The number of amides is 2. The zero-order chi connectivity index (χ0) is 18.1. The van der Waals surface area contributed by atoms with Crippen molar-refractivity contribution in [3.8, 4) is 5.88 Å². The second-order valence-electron chi connectivity index (χ2n) is 6.25. The largest absolute Gasteiger partial charge is 0.474 e. The Labute approximate surface area is 147 Å². The smallest absolute Gasteiger partial charge is 0.323 e. The Hall–Kier alpha value is -3.16. The predicted molar refractivity (Wildman–Crippen MR) is 93.8 cm³/mol. The fourth-order valence-electron chi connectivity index (χ4n) is 2.80. The van der Waals surface area contributed by atoms with Gasteiger partial charge in [-0.15, -0.1) is 0 Å². The number of fused-ring (bicyclic) bond motifs is 1. The summed E-state index contributed by atoms with van der Waals surface area (Å²) < 4.78 is 30.9. The summed E-state index contributed by atoms with van der Waals surface area (Å²) in [7, 11) is 0. The van der Waals surface area contributed by atoms with E-state index in [9.17, 15) is 13.6 Å². The first-order chi connectivity index (χ1) is 12.5. The Morgan fingerprint density at radius 1 is 1.15 bits per heavy atom. The Morgan fingerprint density at radius 2 is 1.92 bits per heavy atom. The molecule has 0 bridgehead atoms. The quantitative estimate of drug-likeness (QED) is 0.647. The van der Waals surface area contributed by atoms with Crippen LogP contribution in [0, 0.1) is 0 Å². The van der Waals surface area contributed by atoms with E-state index >= 15 is 0 Å². The van der Waals surface area contributed by atoms with Gasteiger partial charge in [0.2, 0.25) is 5.88 Å². The monoisotopic (exact) mass is 358 g/mol. The third-order valence-corrected chi connectivity index (χ3v) is 4.15. The van der Waals surface area contributed by atoms with E-state index in [-0.39, 0.29) is 18.7 Å². The number of alkyl halides is 2. The number of nitrogens with zero attached hydrogens (tertiary/aromatic N) is 1. The molecule has 3 aromatic rings. The first-order valence-corrected chi connectivity index (χ1v) is 8.13. The summed E-state index contributed by atoms with van der Waals surface area (Å²) in [6, 6.07) is 10.2. The van der Waals surface area contributed by atoms with Crippen molar-refractivity contribution < 1.29 is 18.3 Å². The second kappa shape index (κ2) is 6.29. The lowest BCUT2D eigenvalue weighted by Crippen LogP contribution is -2.43. The Morgan fingerprint density at radius 3 is 2.65 bits per heavy atom. The molecule has 1 fully saturated rings. The minimum atomic E-state index is -2.63. The van der Waals surface area contributed by atoms with Crippen molar-refractivity contribution in [1.82, 2.24) is 9.97 Å². The minimum Gasteiger partial charge on any atom is -0.474 e. The maximum atomic E-state index is 12.8. The summed E-state index contributed by atoms with van der Waals surface area (Å²) in [6.45, 7) is 0. The van der Waals surface area contributed by atoms with Gasteiger partial charge in [0, 0.05) is 36.3 Å². The Bertz CT molecular complexity index is 932. The molecule has 8 heteroatoms. The van der Waals surface area contributed by atoms with Crippen LogP contribution in [0.15, 0.2) is 48.8 Å². The molecule has 0 spiro atoms. The molecule has 2 heterocycles. The van der Waals surface area contributed by atoms with Crippen LogP contribution >= 0.6 is 0 Å². The molecule has 1 aliphatic carbocycles. The molecule has 134 valence electrons. The maximum Gasteiger partial charge on any atom is 0.323 e. The van der Waals surface area contributed by atoms with Crippen molar-refractivity contribution in [3.63, 3.8) is 0 Å². The highest BCUT2D eigenvalue weighted by molar-refractivity contribution is 6.00. The Balaban J connectivity index is 1.32. The van der Waals surface area contributed by atoms with Crippen LogP contribution in [0.2, 0.25) is 0 Å². The number of benzene rings is 1. The number of carbonyl (C=O) groups is 1. The summed E-state index contributed by atoms with van der Waals surface area (Å²) in [5.74, 6) is -2.37. The van der Waals surface area contributed by atoms with Crippen LogP contribution in [-0.2, 0) is 0 Å². The number of aromatic nitrogens is 2. The minimum absolute atomic E-state index is 0.258. The molecule has 0 aliphatic heterocycles. The molecule has 1 aromatic carbocycles.